The molecule has 0 aliphatic heterocycles. The Balaban J connectivity index is 3.07. The van der Waals surface area contributed by atoms with Crippen molar-refractivity contribution in [2.24, 2.45) is 0 Å². The summed E-state index contributed by atoms with van der Waals surface area (Å²) in [5, 5.41) is 15.8. The van der Waals surface area contributed by atoms with Crippen molar-refractivity contribution in [3.63, 3.8) is 0 Å². The van der Waals surface area contributed by atoms with E-state index in [0.717, 1.165) is 29.6 Å². The van der Waals surface area contributed by atoms with E-state index in [2.05, 4.69) is 34.4 Å². The Kier molecular flexibility index (Phi) is 7.39. The molecular formula is C15H28N4O2. The maximum Gasteiger partial charge on any atom is 0.135 e. The number of nitrogens with one attached hydrogen (secondary N) is 2. The predicted molar refractivity (Wildman–Crippen MR) is 86.0 cm³/mol. The van der Waals surface area contributed by atoms with Crippen LogP contribution in [0.5, 0.6) is 0 Å². The topological polar surface area (TPSA) is 79.3 Å². The molecule has 1 unspecified atom stereocenters. The largest absolute Gasteiger partial charge is 0.396 e. The number of hydrogen-bond donors (Lipinski definition) is 3. The van der Waals surface area contributed by atoms with Crippen LogP contribution in [0.2, 0.25) is 0 Å². The Labute approximate surface area is 127 Å². The van der Waals surface area contributed by atoms with Crippen molar-refractivity contribution in [2.75, 3.05) is 37.5 Å². The second kappa shape index (κ2) is 8.79. The molecule has 0 aliphatic rings. The molecule has 1 heterocycles. The van der Waals surface area contributed by atoms with Gasteiger partial charge in [0.2, 0.25) is 0 Å². The van der Waals surface area contributed by atoms with Crippen molar-refractivity contribution in [1.29, 1.82) is 0 Å². The van der Waals surface area contributed by atoms with Crippen molar-refractivity contribution in [3.8, 4) is 0 Å². The second-order valence-electron chi connectivity index (χ2n) is 5.40. The van der Waals surface area contributed by atoms with Crippen molar-refractivity contribution in [2.45, 2.75) is 46.1 Å². The fourth-order valence-electron chi connectivity index (χ4n) is 2.02. The van der Waals surface area contributed by atoms with Crippen LogP contribution in [0, 0.1) is 6.92 Å². The number of aliphatic hydroxyl groups excluding tert-OH is 1. The third-order valence-corrected chi connectivity index (χ3v) is 3.21. The molecule has 6 nitrogen and oxygen atoms in total. The molecule has 120 valence electrons. The van der Waals surface area contributed by atoms with Gasteiger partial charge in [-0.3, -0.25) is 0 Å². The standard InChI is InChI=1S/C15H28N4O2/c1-6-16-14-11(4)15(19-13(18-14)10(2)3)17-12(7-8-20)9-21-5/h10,12,20H,6-9H2,1-5H3,(H2,16,17,18,19). The molecule has 1 rings (SSSR count). The number of aromatic nitrogens is 2. The number of hydrogen-bond acceptors (Lipinski definition) is 6. The molecule has 0 spiro atoms. The van der Waals surface area contributed by atoms with Crippen LogP contribution in [0.3, 0.4) is 0 Å². The van der Waals surface area contributed by atoms with E-state index in [1.165, 1.54) is 0 Å². The van der Waals surface area contributed by atoms with Crippen LogP contribution in [0.25, 0.3) is 0 Å². The molecule has 21 heavy (non-hydrogen) atoms. The molecule has 1 aromatic rings. The van der Waals surface area contributed by atoms with E-state index in [9.17, 15) is 0 Å². The fourth-order valence-corrected chi connectivity index (χ4v) is 2.02. The summed E-state index contributed by atoms with van der Waals surface area (Å²) in [4.78, 5) is 9.20. The van der Waals surface area contributed by atoms with Gasteiger partial charge in [-0.05, 0) is 20.3 Å². The summed E-state index contributed by atoms with van der Waals surface area (Å²) < 4.78 is 5.19. The average Bonchev–Trinajstić information content (AvgIpc) is 2.43. The molecule has 0 radical (unpaired) electrons. The zero-order valence-electron chi connectivity index (χ0n) is 13.7. The molecule has 0 amide bonds. The van der Waals surface area contributed by atoms with Crippen molar-refractivity contribution >= 4 is 11.6 Å². The molecule has 0 fully saturated rings. The lowest BCUT2D eigenvalue weighted by molar-refractivity contribution is 0.170. The number of methoxy groups -OCH3 is 1. The summed E-state index contributed by atoms with van der Waals surface area (Å²) in [5.41, 5.74) is 0.986. The van der Waals surface area contributed by atoms with E-state index in [1.54, 1.807) is 7.11 Å². The highest BCUT2D eigenvalue weighted by Crippen LogP contribution is 2.24. The van der Waals surface area contributed by atoms with Gasteiger partial charge in [-0.1, -0.05) is 13.8 Å². The highest BCUT2D eigenvalue weighted by molar-refractivity contribution is 5.57. The number of rotatable bonds is 9. The van der Waals surface area contributed by atoms with Gasteiger partial charge in [0.05, 0.1) is 12.6 Å². The lowest BCUT2D eigenvalue weighted by Gasteiger charge is -2.21. The smallest absolute Gasteiger partial charge is 0.135 e. The maximum atomic E-state index is 9.15. The van der Waals surface area contributed by atoms with Crippen molar-refractivity contribution in [3.05, 3.63) is 11.4 Å². The first kappa shape index (κ1) is 17.7. The van der Waals surface area contributed by atoms with Gasteiger partial charge >= 0.3 is 0 Å². The Morgan fingerprint density at radius 1 is 1.24 bits per heavy atom. The molecule has 3 N–H and O–H groups in total. The van der Waals surface area contributed by atoms with E-state index in [-0.39, 0.29) is 18.6 Å². The molecule has 0 aromatic carbocycles. The second-order valence-corrected chi connectivity index (χ2v) is 5.40. The Morgan fingerprint density at radius 3 is 2.43 bits per heavy atom. The van der Waals surface area contributed by atoms with Crippen LogP contribution in [0.1, 0.15) is 44.5 Å². The molecule has 0 aliphatic carbocycles. The van der Waals surface area contributed by atoms with E-state index < -0.39 is 0 Å². The van der Waals surface area contributed by atoms with Crippen LogP contribution < -0.4 is 10.6 Å². The van der Waals surface area contributed by atoms with Crippen LogP contribution in [0.4, 0.5) is 11.6 Å². The van der Waals surface area contributed by atoms with Gasteiger partial charge in [0, 0.05) is 31.7 Å². The molecule has 6 heteroatoms. The zero-order valence-corrected chi connectivity index (χ0v) is 13.7. The lowest BCUT2D eigenvalue weighted by Crippen LogP contribution is -2.27. The number of aliphatic hydroxyl groups is 1. The average molecular weight is 296 g/mol. The van der Waals surface area contributed by atoms with E-state index >= 15 is 0 Å². The van der Waals surface area contributed by atoms with Gasteiger partial charge in [0.25, 0.3) is 0 Å². The Morgan fingerprint density at radius 2 is 1.90 bits per heavy atom. The molecule has 0 saturated heterocycles. The SMILES string of the molecule is CCNc1nc(C(C)C)nc(NC(CCO)COC)c1C. The van der Waals surface area contributed by atoms with Crippen LogP contribution in [-0.4, -0.2) is 48.0 Å². The molecule has 0 bridgehead atoms. The monoisotopic (exact) mass is 296 g/mol. The minimum Gasteiger partial charge on any atom is -0.396 e. The number of nitrogens with zero attached hydrogens (tertiary/aromatic N) is 2. The summed E-state index contributed by atoms with van der Waals surface area (Å²) in [6.07, 6.45) is 0.616. The van der Waals surface area contributed by atoms with Gasteiger partial charge in [-0.15, -0.1) is 0 Å². The minimum absolute atomic E-state index is 0.0306. The highest BCUT2D eigenvalue weighted by Gasteiger charge is 2.16. The van der Waals surface area contributed by atoms with Gasteiger partial charge in [-0.2, -0.15) is 0 Å². The summed E-state index contributed by atoms with van der Waals surface area (Å²) in [6.45, 7) is 9.64. The Hall–Kier alpha value is -1.40. The molecular weight excluding hydrogens is 268 g/mol. The third kappa shape index (κ3) is 5.13. The van der Waals surface area contributed by atoms with Gasteiger partial charge in [0.1, 0.15) is 17.5 Å². The van der Waals surface area contributed by atoms with Crippen LogP contribution in [-0.2, 0) is 4.74 Å². The molecule has 1 aromatic heterocycles. The van der Waals surface area contributed by atoms with Gasteiger partial charge in [0.15, 0.2) is 0 Å². The summed E-state index contributed by atoms with van der Waals surface area (Å²) in [6, 6.07) is 0.0306. The molecule has 1 atom stereocenters. The van der Waals surface area contributed by atoms with Crippen molar-refractivity contribution in [1.82, 2.24) is 9.97 Å². The van der Waals surface area contributed by atoms with Crippen molar-refractivity contribution < 1.29 is 9.84 Å². The minimum atomic E-state index is 0.0306. The Bertz CT molecular complexity index is 432. The van der Waals surface area contributed by atoms with Gasteiger partial charge < -0.3 is 20.5 Å². The first-order chi connectivity index (χ1) is 10.0. The van der Waals surface area contributed by atoms with E-state index in [1.807, 2.05) is 13.8 Å². The third-order valence-electron chi connectivity index (χ3n) is 3.21. The molecule has 0 saturated carbocycles. The lowest BCUT2D eigenvalue weighted by atomic mass is 10.1. The predicted octanol–water partition coefficient (Wildman–Crippen LogP) is 2.15. The summed E-state index contributed by atoms with van der Waals surface area (Å²) >= 11 is 0. The van der Waals surface area contributed by atoms with Crippen LogP contribution in [0.15, 0.2) is 0 Å². The van der Waals surface area contributed by atoms with Crippen LogP contribution >= 0.6 is 0 Å². The first-order valence-corrected chi connectivity index (χ1v) is 7.52. The quantitative estimate of drug-likeness (QED) is 0.648. The number of ether oxygens (including phenoxy) is 1. The zero-order chi connectivity index (χ0) is 15.8. The fraction of sp³-hybridized carbons (Fsp3) is 0.733. The summed E-state index contributed by atoms with van der Waals surface area (Å²) in [7, 11) is 1.66. The summed E-state index contributed by atoms with van der Waals surface area (Å²) in [5.74, 6) is 2.72. The highest BCUT2D eigenvalue weighted by atomic mass is 16.5. The first-order valence-electron chi connectivity index (χ1n) is 7.52. The van der Waals surface area contributed by atoms with E-state index in [4.69, 9.17) is 9.84 Å². The maximum absolute atomic E-state index is 9.15. The normalized spacial score (nSPS) is 12.5. The van der Waals surface area contributed by atoms with E-state index in [0.29, 0.717) is 13.0 Å². The number of anilines is 2. The van der Waals surface area contributed by atoms with Gasteiger partial charge in [-0.25, -0.2) is 9.97 Å².